The zero-order chi connectivity index (χ0) is 12.3. The lowest BCUT2D eigenvalue weighted by molar-refractivity contribution is -0.147. The largest absolute Gasteiger partial charge is 0.481 e. The van der Waals surface area contributed by atoms with E-state index in [1.807, 2.05) is 0 Å². The van der Waals surface area contributed by atoms with Crippen molar-refractivity contribution in [3.05, 3.63) is 0 Å². The zero-order valence-corrected chi connectivity index (χ0v) is 10.2. The molecule has 17 heavy (non-hydrogen) atoms. The van der Waals surface area contributed by atoms with Gasteiger partial charge in [0.2, 0.25) is 5.91 Å². The van der Waals surface area contributed by atoms with Gasteiger partial charge in [-0.2, -0.15) is 0 Å². The van der Waals surface area contributed by atoms with Crippen LogP contribution in [0.15, 0.2) is 0 Å². The van der Waals surface area contributed by atoms with Crippen molar-refractivity contribution in [3.63, 3.8) is 0 Å². The van der Waals surface area contributed by atoms with Gasteiger partial charge in [-0.25, -0.2) is 0 Å². The fourth-order valence-corrected chi connectivity index (χ4v) is 2.97. The molecule has 2 fully saturated rings. The van der Waals surface area contributed by atoms with Gasteiger partial charge in [-0.05, 0) is 25.2 Å². The van der Waals surface area contributed by atoms with Crippen molar-refractivity contribution in [2.75, 3.05) is 13.1 Å². The minimum atomic E-state index is -0.758. The number of likely N-dealkylation sites (tertiary alicyclic amines) is 1. The summed E-state index contributed by atoms with van der Waals surface area (Å²) in [4.78, 5) is 24.5. The molecule has 1 saturated carbocycles. The molecule has 0 aromatic carbocycles. The summed E-state index contributed by atoms with van der Waals surface area (Å²) in [6.45, 7) is 1.20. The third kappa shape index (κ3) is 3.20. The number of carboxylic acid groups (broad SMARTS) is 1. The molecular formula is C13H21NO3. The van der Waals surface area contributed by atoms with Crippen LogP contribution >= 0.6 is 0 Å². The third-order valence-electron chi connectivity index (χ3n) is 4.05. The van der Waals surface area contributed by atoms with Gasteiger partial charge in [-0.3, -0.25) is 9.59 Å². The van der Waals surface area contributed by atoms with Crippen LogP contribution in [-0.4, -0.2) is 35.0 Å². The molecule has 1 aliphatic carbocycles. The molecule has 1 atom stereocenters. The molecule has 1 N–H and O–H groups in total. The van der Waals surface area contributed by atoms with Gasteiger partial charge in [-0.15, -0.1) is 0 Å². The number of carboxylic acids is 1. The fourth-order valence-electron chi connectivity index (χ4n) is 2.97. The first-order valence-electron chi connectivity index (χ1n) is 6.67. The van der Waals surface area contributed by atoms with E-state index in [1.54, 1.807) is 4.90 Å². The van der Waals surface area contributed by atoms with Crippen molar-refractivity contribution < 1.29 is 14.7 Å². The molecule has 2 aliphatic rings. The molecule has 0 aromatic heterocycles. The van der Waals surface area contributed by atoms with Gasteiger partial charge in [-0.1, -0.05) is 19.3 Å². The Morgan fingerprint density at radius 1 is 1.24 bits per heavy atom. The number of amides is 1. The first-order valence-corrected chi connectivity index (χ1v) is 6.67. The molecule has 96 valence electrons. The van der Waals surface area contributed by atoms with E-state index in [2.05, 4.69) is 0 Å². The molecule has 1 heterocycles. The van der Waals surface area contributed by atoms with Crippen LogP contribution in [0.2, 0.25) is 0 Å². The fraction of sp³-hybridized carbons (Fsp3) is 0.846. The zero-order valence-electron chi connectivity index (χ0n) is 10.2. The van der Waals surface area contributed by atoms with Crippen molar-refractivity contribution >= 4 is 11.9 Å². The summed E-state index contributed by atoms with van der Waals surface area (Å²) in [5, 5.41) is 9.01. The summed E-state index contributed by atoms with van der Waals surface area (Å²) in [5.41, 5.74) is 0. The molecule has 0 aromatic rings. The Labute approximate surface area is 102 Å². The summed E-state index contributed by atoms with van der Waals surface area (Å²) >= 11 is 0. The average molecular weight is 239 g/mol. The van der Waals surface area contributed by atoms with Gasteiger partial charge in [0, 0.05) is 19.5 Å². The van der Waals surface area contributed by atoms with Crippen LogP contribution in [0.5, 0.6) is 0 Å². The number of carbonyl (C=O) groups excluding carboxylic acids is 1. The van der Waals surface area contributed by atoms with Crippen molar-refractivity contribution in [2.45, 2.75) is 44.9 Å². The summed E-state index contributed by atoms with van der Waals surface area (Å²) in [6, 6.07) is 0. The normalized spacial score (nSPS) is 27.2. The Kier molecular flexibility index (Phi) is 4.02. The van der Waals surface area contributed by atoms with Crippen molar-refractivity contribution in [3.8, 4) is 0 Å². The van der Waals surface area contributed by atoms with Crippen molar-refractivity contribution in [2.24, 2.45) is 11.8 Å². The van der Waals surface area contributed by atoms with Crippen LogP contribution in [0.25, 0.3) is 0 Å². The van der Waals surface area contributed by atoms with E-state index >= 15 is 0 Å². The van der Waals surface area contributed by atoms with Crippen LogP contribution in [0, 0.1) is 11.8 Å². The highest BCUT2D eigenvalue weighted by atomic mass is 16.4. The Bertz CT molecular complexity index is 297. The summed E-state index contributed by atoms with van der Waals surface area (Å²) in [5.74, 6) is -0.365. The lowest BCUT2D eigenvalue weighted by Gasteiger charge is -2.34. The van der Waals surface area contributed by atoms with Crippen molar-refractivity contribution in [1.82, 2.24) is 4.90 Å². The molecular weight excluding hydrogens is 218 g/mol. The maximum absolute atomic E-state index is 11.8. The van der Waals surface area contributed by atoms with E-state index in [9.17, 15) is 9.59 Å². The van der Waals surface area contributed by atoms with E-state index in [-0.39, 0.29) is 11.8 Å². The lowest BCUT2D eigenvalue weighted by Crippen LogP contribution is -2.44. The molecule has 2 rings (SSSR count). The summed E-state index contributed by atoms with van der Waals surface area (Å²) in [6.07, 6.45) is 7.13. The Hall–Kier alpha value is -1.06. The van der Waals surface area contributed by atoms with Crippen LogP contribution in [0.1, 0.15) is 44.9 Å². The van der Waals surface area contributed by atoms with Gasteiger partial charge in [0.25, 0.3) is 0 Å². The van der Waals surface area contributed by atoms with Crippen LogP contribution < -0.4 is 0 Å². The summed E-state index contributed by atoms with van der Waals surface area (Å²) < 4.78 is 0. The molecule has 4 nitrogen and oxygen atoms in total. The topological polar surface area (TPSA) is 57.6 Å². The summed E-state index contributed by atoms with van der Waals surface area (Å²) in [7, 11) is 0. The molecule has 0 unspecified atom stereocenters. The first kappa shape index (κ1) is 12.4. The van der Waals surface area contributed by atoms with Crippen LogP contribution in [0.4, 0.5) is 0 Å². The minimum Gasteiger partial charge on any atom is -0.481 e. The van der Waals surface area contributed by atoms with E-state index in [0.29, 0.717) is 25.3 Å². The maximum atomic E-state index is 11.8. The molecule has 1 saturated heterocycles. The van der Waals surface area contributed by atoms with E-state index in [0.717, 1.165) is 6.54 Å². The standard InChI is InChI=1S/C13H21NO3/c15-12-7-6-11(13(16)17)9-14(12)8-10-4-2-1-3-5-10/h10-11H,1-9H2,(H,16,17)/t11-/m0/s1. The van der Waals surface area contributed by atoms with Gasteiger partial charge < -0.3 is 10.0 Å². The maximum Gasteiger partial charge on any atom is 0.308 e. The predicted octanol–water partition coefficient (Wildman–Crippen LogP) is 1.89. The number of carbonyl (C=O) groups is 2. The van der Waals surface area contributed by atoms with Crippen molar-refractivity contribution in [1.29, 1.82) is 0 Å². The highest BCUT2D eigenvalue weighted by molar-refractivity contribution is 5.80. The second-order valence-corrected chi connectivity index (χ2v) is 5.38. The van der Waals surface area contributed by atoms with Gasteiger partial charge in [0.1, 0.15) is 0 Å². The monoisotopic (exact) mass is 239 g/mol. The van der Waals surface area contributed by atoms with E-state index in [1.165, 1.54) is 32.1 Å². The number of piperidine rings is 1. The molecule has 1 aliphatic heterocycles. The smallest absolute Gasteiger partial charge is 0.308 e. The van der Waals surface area contributed by atoms with Gasteiger partial charge in [0.05, 0.1) is 5.92 Å². The lowest BCUT2D eigenvalue weighted by atomic mass is 9.88. The quantitative estimate of drug-likeness (QED) is 0.818. The Balaban J connectivity index is 1.88. The number of rotatable bonds is 3. The average Bonchev–Trinajstić information content (AvgIpc) is 2.33. The van der Waals surface area contributed by atoms with E-state index in [4.69, 9.17) is 5.11 Å². The molecule has 0 radical (unpaired) electrons. The van der Waals surface area contributed by atoms with Gasteiger partial charge in [0.15, 0.2) is 0 Å². The Morgan fingerprint density at radius 3 is 2.59 bits per heavy atom. The Morgan fingerprint density at radius 2 is 1.94 bits per heavy atom. The predicted molar refractivity (Wildman–Crippen MR) is 63.5 cm³/mol. The highest BCUT2D eigenvalue weighted by Crippen LogP contribution is 2.26. The number of nitrogens with zero attached hydrogens (tertiary/aromatic N) is 1. The number of hydrogen-bond acceptors (Lipinski definition) is 2. The molecule has 4 heteroatoms. The SMILES string of the molecule is O=C(O)[C@H]1CCC(=O)N(CC2CCCCC2)C1. The first-order chi connectivity index (χ1) is 8.16. The van der Waals surface area contributed by atoms with E-state index < -0.39 is 5.97 Å². The minimum absolute atomic E-state index is 0.146. The second-order valence-electron chi connectivity index (χ2n) is 5.38. The highest BCUT2D eigenvalue weighted by Gasteiger charge is 2.31. The second kappa shape index (κ2) is 5.52. The molecule has 1 amide bonds. The third-order valence-corrected chi connectivity index (χ3v) is 4.05. The molecule has 0 bridgehead atoms. The molecule has 0 spiro atoms. The number of aliphatic carboxylic acids is 1. The van der Waals surface area contributed by atoms with Crippen LogP contribution in [0.3, 0.4) is 0 Å². The van der Waals surface area contributed by atoms with Crippen LogP contribution in [-0.2, 0) is 9.59 Å². The number of hydrogen-bond donors (Lipinski definition) is 1. The van der Waals surface area contributed by atoms with Gasteiger partial charge >= 0.3 is 5.97 Å².